The van der Waals surface area contributed by atoms with Crippen LogP contribution in [0.2, 0.25) is 0 Å². The Balaban J connectivity index is 2.84. The van der Waals surface area contributed by atoms with Gasteiger partial charge >= 0.3 is 6.00 Å². The van der Waals surface area contributed by atoms with Gasteiger partial charge in [0.2, 0.25) is 0 Å². The molecule has 0 aliphatic carbocycles. The zero-order valence-corrected chi connectivity index (χ0v) is 10.2. The maximum atomic E-state index is 5.81. The van der Waals surface area contributed by atoms with Crippen molar-refractivity contribution in [3.8, 4) is 0 Å². The Morgan fingerprint density at radius 2 is 2.00 bits per heavy atom. The number of benzene rings is 1. The van der Waals surface area contributed by atoms with Gasteiger partial charge < -0.3 is 0 Å². The monoisotopic (exact) mass is 250 g/mol. The summed E-state index contributed by atoms with van der Waals surface area (Å²) in [5.74, 6) is 0. The number of hydrogen-bond donors (Lipinski definition) is 0. The lowest BCUT2D eigenvalue weighted by Crippen LogP contribution is -2.14. The van der Waals surface area contributed by atoms with Crippen LogP contribution in [-0.4, -0.2) is 6.00 Å². The molecule has 0 spiro atoms. The minimum absolute atomic E-state index is 0.555. The predicted octanol–water partition coefficient (Wildman–Crippen LogP) is 4.07. The van der Waals surface area contributed by atoms with E-state index in [0.717, 1.165) is 11.1 Å². The first-order valence-corrected chi connectivity index (χ1v) is 9.04. The molecule has 0 atom stereocenters. The molecule has 0 fully saturated rings. The second-order valence-electron chi connectivity index (χ2n) is 2.74. The molecule has 0 radical (unpaired) electrons. The minimum Gasteiger partial charge on any atom is -0.126 e. The largest absolute Gasteiger partial charge is 0.345 e. The van der Waals surface area contributed by atoms with Crippen LogP contribution in [0.5, 0.6) is 0 Å². The molecule has 13 heavy (non-hydrogen) atoms. The predicted molar refractivity (Wildman–Crippen MR) is 63.6 cm³/mol. The molecule has 0 heterocycles. The van der Waals surface area contributed by atoms with Gasteiger partial charge in [0.25, 0.3) is 0 Å². The van der Waals surface area contributed by atoms with Gasteiger partial charge in [0.15, 0.2) is 0 Å². The minimum atomic E-state index is -2.55. The highest BCUT2D eigenvalue weighted by Crippen LogP contribution is 2.25. The standard InChI is InChI=1S/C9H9Cl3Si/c1-2-8-4-3-5-9(6-8)7-13(10,11)12/h2-6H,1,7H2. The lowest BCUT2D eigenvalue weighted by atomic mass is 10.1. The Kier molecular flexibility index (Phi) is 3.86. The zero-order chi connectivity index (χ0) is 9.90. The van der Waals surface area contributed by atoms with Gasteiger partial charge in [0.05, 0.1) is 0 Å². The quantitative estimate of drug-likeness (QED) is 0.561. The molecule has 0 amide bonds. The third-order valence-electron chi connectivity index (χ3n) is 1.59. The molecule has 0 N–H and O–H groups in total. The Bertz CT molecular complexity index is 304. The van der Waals surface area contributed by atoms with Crippen molar-refractivity contribution >= 4 is 45.3 Å². The molecule has 4 heteroatoms. The fourth-order valence-corrected chi connectivity index (χ4v) is 3.13. The highest BCUT2D eigenvalue weighted by molar-refractivity contribution is 7.64. The van der Waals surface area contributed by atoms with E-state index in [0.29, 0.717) is 6.04 Å². The fourth-order valence-electron chi connectivity index (χ4n) is 1.06. The van der Waals surface area contributed by atoms with E-state index in [-0.39, 0.29) is 0 Å². The average Bonchev–Trinajstić information content (AvgIpc) is 2.01. The van der Waals surface area contributed by atoms with Gasteiger partial charge in [-0.15, -0.1) is 33.2 Å². The molecule has 0 unspecified atom stereocenters. The Morgan fingerprint density at radius 3 is 2.54 bits per heavy atom. The van der Waals surface area contributed by atoms with Gasteiger partial charge in [-0.2, -0.15) is 0 Å². The van der Waals surface area contributed by atoms with E-state index in [1.54, 1.807) is 6.08 Å². The van der Waals surface area contributed by atoms with E-state index in [1.165, 1.54) is 0 Å². The Morgan fingerprint density at radius 1 is 1.31 bits per heavy atom. The molecule has 0 aliphatic rings. The summed E-state index contributed by atoms with van der Waals surface area (Å²) in [5, 5.41) is 0. The van der Waals surface area contributed by atoms with Gasteiger partial charge in [0.1, 0.15) is 0 Å². The maximum absolute atomic E-state index is 5.81. The summed E-state index contributed by atoms with van der Waals surface area (Å²) < 4.78 is 0. The van der Waals surface area contributed by atoms with Crippen LogP contribution in [0.4, 0.5) is 0 Å². The maximum Gasteiger partial charge on any atom is 0.345 e. The summed E-state index contributed by atoms with van der Waals surface area (Å²) in [6.45, 7) is 3.68. The van der Waals surface area contributed by atoms with E-state index in [1.807, 2.05) is 24.3 Å². The van der Waals surface area contributed by atoms with Crippen LogP contribution in [0.1, 0.15) is 11.1 Å². The second-order valence-corrected chi connectivity index (χ2v) is 11.9. The van der Waals surface area contributed by atoms with E-state index in [9.17, 15) is 0 Å². The third-order valence-corrected chi connectivity index (χ3v) is 3.60. The van der Waals surface area contributed by atoms with Crippen LogP contribution in [0, 0.1) is 0 Å². The van der Waals surface area contributed by atoms with E-state index in [4.69, 9.17) is 33.2 Å². The van der Waals surface area contributed by atoms with Gasteiger partial charge in [-0.3, -0.25) is 0 Å². The first-order chi connectivity index (χ1) is 6.01. The lowest BCUT2D eigenvalue weighted by molar-refractivity contribution is 1.38. The Hall–Kier alpha value is 0.0469. The van der Waals surface area contributed by atoms with Crippen molar-refractivity contribution in [3.63, 3.8) is 0 Å². The molecule has 0 bridgehead atoms. The molecular weight excluding hydrogens is 243 g/mol. The lowest BCUT2D eigenvalue weighted by Gasteiger charge is -2.07. The van der Waals surface area contributed by atoms with Crippen molar-refractivity contribution in [2.75, 3.05) is 0 Å². The topological polar surface area (TPSA) is 0 Å². The van der Waals surface area contributed by atoms with Crippen molar-refractivity contribution in [1.29, 1.82) is 0 Å². The fraction of sp³-hybridized carbons (Fsp3) is 0.111. The van der Waals surface area contributed by atoms with Crippen molar-refractivity contribution in [1.82, 2.24) is 0 Å². The van der Waals surface area contributed by atoms with Crippen molar-refractivity contribution in [2.24, 2.45) is 0 Å². The van der Waals surface area contributed by atoms with E-state index >= 15 is 0 Å². The van der Waals surface area contributed by atoms with Crippen LogP contribution in [-0.2, 0) is 6.04 Å². The zero-order valence-electron chi connectivity index (χ0n) is 6.93. The van der Waals surface area contributed by atoms with Crippen LogP contribution in [0.15, 0.2) is 30.8 Å². The average molecular weight is 252 g/mol. The summed E-state index contributed by atoms with van der Waals surface area (Å²) >= 11 is 17.4. The molecule has 0 saturated heterocycles. The van der Waals surface area contributed by atoms with Gasteiger partial charge in [0, 0.05) is 6.04 Å². The van der Waals surface area contributed by atoms with Gasteiger partial charge in [-0.05, 0) is 11.1 Å². The molecular formula is C9H9Cl3Si. The molecule has 0 aliphatic heterocycles. The van der Waals surface area contributed by atoms with Crippen molar-refractivity contribution in [3.05, 3.63) is 42.0 Å². The Labute approximate surface area is 93.2 Å². The number of halogens is 3. The SMILES string of the molecule is C=Cc1cccc(C[Si](Cl)(Cl)Cl)c1. The van der Waals surface area contributed by atoms with Crippen LogP contribution in [0.3, 0.4) is 0 Å². The summed E-state index contributed by atoms with van der Waals surface area (Å²) in [5.41, 5.74) is 2.12. The number of hydrogen-bond acceptors (Lipinski definition) is 0. The van der Waals surface area contributed by atoms with Crippen molar-refractivity contribution in [2.45, 2.75) is 6.04 Å². The number of rotatable bonds is 3. The smallest absolute Gasteiger partial charge is 0.126 e. The summed E-state index contributed by atoms with van der Waals surface area (Å²) in [4.78, 5) is 0. The van der Waals surface area contributed by atoms with E-state index < -0.39 is 6.00 Å². The van der Waals surface area contributed by atoms with Crippen molar-refractivity contribution < 1.29 is 0 Å². The molecule has 70 valence electrons. The highest BCUT2D eigenvalue weighted by Gasteiger charge is 2.25. The van der Waals surface area contributed by atoms with Gasteiger partial charge in [-0.1, -0.05) is 36.9 Å². The van der Waals surface area contributed by atoms with Crippen LogP contribution < -0.4 is 0 Å². The highest BCUT2D eigenvalue weighted by atomic mass is 35.8. The molecule has 1 aromatic rings. The van der Waals surface area contributed by atoms with E-state index in [2.05, 4.69) is 6.58 Å². The summed E-state index contributed by atoms with van der Waals surface area (Å²) in [7, 11) is 0. The normalized spacial score (nSPS) is 11.3. The molecule has 1 rings (SSSR count). The van der Waals surface area contributed by atoms with Crippen LogP contribution >= 0.6 is 33.2 Å². The summed E-state index contributed by atoms with van der Waals surface area (Å²) in [6.07, 6.45) is 1.78. The summed E-state index contributed by atoms with van der Waals surface area (Å²) in [6, 6.07) is 5.86. The molecule has 1 aromatic carbocycles. The first-order valence-electron chi connectivity index (χ1n) is 3.79. The second kappa shape index (κ2) is 4.51. The van der Waals surface area contributed by atoms with Crippen LogP contribution in [0.25, 0.3) is 6.08 Å². The molecule has 0 aromatic heterocycles. The third kappa shape index (κ3) is 4.18. The molecule has 0 saturated carbocycles. The van der Waals surface area contributed by atoms with Gasteiger partial charge in [-0.25, -0.2) is 0 Å². The first kappa shape index (κ1) is 11.1. The molecule has 0 nitrogen and oxygen atoms in total.